The Balaban J connectivity index is 1.14. The van der Waals surface area contributed by atoms with E-state index >= 15 is 0 Å². The van der Waals surface area contributed by atoms with Crippen LogP contribution in [0.4, 0.5) is 5.69 Å². The zero-order valence-electron chi connectivity index (χ0n) is 23.0. The molecule has 0 fully saturated rings. The Morgan fingerprint density at radius 3 is 1.70 bits per heavy atom. The van der Waals surface area contributed by atoms with Crippen molar-refractivity contribution in [1.29, 1.82) is 0 Å². The molecule has 43 heavy (non-hydrogen) atoms. The van der Waals surface area contributed by atoms with Gasteiger partial charge in [-0.2, -0.15) is 0 Å². The molecule has 0 N–H and O–H groups in total. The van der Waals surface area contributed by atoms with E-state index in [1.807, 2.05) is 36.7 Å². The monoisotopic (exact) mass is 546 g/mol. The first kappa shape index (κ1) is 23.7. The van der Waals surface area contributed by atoms with Gasteiger partial charge in [0.05, 0.1) is 6.57 Å². The van der Waals surface area contributed by atoms with Crippen LogP contribution in [0.5, 0.6) is 0 Å². The van der Waals surface area contributed by atoms with E-state index < -0.39 is 0 Å². The molecule has 0 atom stereocenters. The number of furan rings is 1. The highest BCUT2D eigenvalue weighted by atomic mass is 16.3. The van der Waals surface area contributed by atoms with E-state index in [0.29, 0.717) is 11.3 Å². The molecule has 0 aliphatic carbocycles. The van der Waals surface area contributed by atoms with Crippen LogP contribution >= 0.6 is 0 Å². The van der Waals surface area contributed by atoms with Gasteiger partial charge in [0, 0.05) is 34.3 Å². The first-order valence-corrected chi connectivity index (χ1v) is 14.3. The molecule has 9 aromatic rings. The van der Waals surface area contributed by atoms with Gasteiger partial charge in [0.2, 0.25) is 5.69 Å². The Labute approximate surface area is 247 Å². The molecular formula is C40H22N2O. The topological polar surface area (TPSA) is 30.4 Å². The summed E-state index contributed by atoms with van der Waals surface area (Å²) in [5, 5.41) is 9.60. The fraction of sp³-hybridized carbons (Fsp3) is 0. The van der Waals surface area contributed by atoms with E-state index in [0.717, 1.165) is 33.0 Å². The van der Waals surface area contributed by atoms with Crippen molar-refractivity contribution in [2.24, 2.45) is 0 Å². The molecule has 2 heterocycles. The third kappa shape index (κ3) is 3.57. The van der Waals surface area contributed by atoms with Crippen LogP contribution in [0.25, 0.3) is 92.5 Å². The summed E-state index contributed by atoms with van der Waals surface area (Å²) in [6.07, 6.45) is 3.74. The Morgan fingerprint density at radius 2 is 1.09 bits per heavy atom. The molecule has 0 saturated carbocycles. The van der Waals surface area contributed by atoms with Crippen LogP contribution in [0.2, 0.25) is 0 Å². The molecule has 7 aromatic carbocycles. The number of hydrogen-bond donors (Lipinski definition) is 0. The summed E-state index contributed by atoms with van der Waals surface area (Å²) >= 11 is 0. The normalized spacial score (nSPS) is 11.7. The third-order valence-corrected chi connectivity index (χ3v) is 8.68. The molecule has 3 heteroatoms. The fourth-order valence-corrected chi connectivity index (χ4v) is 6.67. The van der Waals surface area contributed by atoms with Crippen LogP contribution in [0.15, 0.2) is 138 Å². The van der Waals surface area contributed by atoms with Gasteiger partial charge >= 0.3 is 0 Å². The standard InChI is InChI=1S/C40H22N2O/c1-41-36-9-3-8-35-34-7-2-6-33(39(34)43-40(35)36)25-12-10-24(11-13-25)31-19-26-14-16-28-21-32(30-5-4-18-42-23-30)22-29-17-15-27(20-31)37(26)38(28)29/h2-23H. The highest BCUT2D eigenvalue weighted by Gasteiger charge is 2.15. The van der Waals surface area contributed by atoms with Gasteiger partial charge < -0.3 is 4.42 Å². The first-order valence-electron chi connectivity index (χ1n) is 14.3. The van der Waals surface area contributed by atoms with Crippen molar-refractivity contribution >= 4 is 59.9 Å². The van der Waals surface area contributed by atoms with Crippen molar-refractivity contribution < 1.29 is 4.42 Å². The van der Waals surface area contributed by atoms with Crippen LogP contribution in [-0.4, -0.2) is 4.98 Å². The highest BCUT2D eigenvalue weighted by molar-refractivity contribution is 6.24. The van der Waals surface area contributed by atoms with Gasteiger partial charge in [0.1, 0.15) is 11.2 Å². The number of pyridine rings is 1. The molecule has 0 aliphatic heterocycles. The van der Waals surface area contributed by atoms with E-state index in [9.17, 15) is 0 Å². The minimum absolute atomic E-state index is 0.540. The summed E-state index contributed by atoms with van der Waals surface area (Å²) in [6.45, 7) is 7.54. The maximum Gasteiger partial charge on any atom is 0.229 e. The average Bonchev–Trinajstić information content (AvgIpc) is 3.46. The van der Waals surface area contributed by atoms with Crippen molar-refractivity contribution in [3.63, 3.8) is 0 Å². The van der Waals surface area contributed by atoms with Gasteiger partial charge in [0.25, 0.3) is 0 Å². The zero-order chi connectivity index (χ0) is 28.5. The van der Waals surface area contributed by atoms with Crippen LogP contribution in [0.1, 0.15) is 0 Å². The van der Waals surface area contributed by atoms with Crippen LogP contribution in [0.3, 0.4) is 0 Å². The van der Waals surface area contributed by atoms with E-state index in [1.54, 1.807) is 0 Å². The van der Waals surface area contributed by atoms with Crippen molar-refractivity contribution in [1.82, 2.24) is 4.98 Å². The summed E-state index contributed by atoms with van der Waals surface area (Å²) in [6, 6.07) is 42.9. The molecule has 0 saturated heterocycles. The maximum absolute atomic E-state index is 7.54. The SMILES string of the molecule is [C-]#[N+]c1cccc2c1oc1c(-c3ccc(-c4cc5ccc6cc(-c7cccnc7)cc7ccc(c4)c5c67)cc3)cccc12. The number of aromatic nitrogens is 1. The van der Waals surface area contributed by atoms with Crippen molar-refractivity contribution in [3.8, 4) is 33.4 Å². The lowest BCUT2D eigenvalue weighted by Crippen LogP contribution is -1.88. The molecular weight excluding hydrogens is 524 g/mol. The molecule has 0 unspecified atom stereocenters. The van der Waals surface area contributed by atoms with E-state index in [2.05, 4.69) is 107 Å². The molecule has 0 spiro atoms. The minimum Gasteiger partial charge on any atom is -0.466 e. The Hall–Kier alpha value is -5.98. The Morgan fingerprint density at radius 1 is 0.512 bits per heavy atom. The van der Waals surface area contributed by atoms with E-state index in [4.69, 9.17) is 11.0 Å². The van der Waals surface area contributed by atoms with Crippen molar-refractivity contribution in [3.05, 3.63) is 145 Å². The number of nitrogens with zero attached hydrogens (tertiary/aromatic N) is 2. The number of hydrogen-bond acceptors (Lipinski definition) is 2. The van der Waals surface area contributed by atoms with Gasteiger partial charge in [0.15, 0.2) is 0 Å². The Kier molecular flexibility index (Phi) is 4.97. The number of rotatable bonds is 3. The quantitative estimate of drug-likeness (QED) is 0.163. The van der Waals surface area contributed by atoms with Gasteiger partial charge in [-0.25, -0.2) is 4.85 Å². The molecule has 0 radical (unpaired) electrons. The van der Waals surface area contributed by atoms with Crippen LogP contribution in [0, 0.1) is 6.57 Å². The predicted octanol–water partition coefficient (Wildman–Crippen LogP) is 11.4. The summed E-state index contributed by atoms with van der Waals surface area (Å²) < 4.78 is 6.30. The molecule has 2 aromatic heterocycles. The van der Waals surface area contributed by atoms with Gasteiger partial charge in [-0.1, -0.05) is 91.0 Å². The Bertz CT molecular complexity index is 2490. The molecule has 198 valence electrons. The molecule has 0 aliphatic rings. The second kappa shape index (κ2) is 9.01. The smallest absolute Gasteiger partial charge is 0.229 e. The van der Waals surface area contributed by atoms with E-state index in [1.165, 1.54) is 49.0 Å². The van der Waals surface area contributed by atoms with Crippen LogP contribution < -0.4 is 0 Å². The second-order valence-electron chi connectivity index (χ2n) is 11.1. The highest BCUT2D eigenvalue weighted by Crippen LogP contribution is 2.41. The molecule has 3 nitrogen and oxygen atoms in total. The van der Waals surface area contributed by atoms with Crippen molar-refractivity contribution in [2.45, 2.75) is 0 Å². The number of fused-ring (bicyclic) bond motifs is 3. The molecule has 9 rings (SSSR count). The maximum atomic E-state index is 7.54. The van der Waals surface area contributed by atoms with Crippen LogP contribution in [-0.2, 0) is 0 Å². The number of para-hydroxylation sites is 2. The lowest BCUT2D eigenvalue weighted by atomic mass is 9.89. The summed E-state index contributed by atoms with van der Waals surface area (Å²) in [5.74, 6) is 0. The molecule has 0 amide bonds. The lowest BCUT2D eigenvalue weighted by Gasteiger charge is -2.14. The largest absolute Gasteiger partial charge is 0.466 e. The summed E-state index contributed by atoms with van der Waals surface area (Å²) in [5.41, 5.74) is 8.79. The van der Waals surface area contributed by atoms with Gasteiger partial charge in [-0.3, -0.25) is 4.98 Å². The second-order valence-corrected chi connectivity index (χ2v) is 11.1. The third-order valence-electron chi connectivity index (χ3n) is 8.68. The molecule has 0 bridgehead atoms. The summed E-state index contributed by atoms with van der Waals surface area (Å²) in [4.78, 5) is 7.98. The minimum atomic E-state index is 0.540. The van der Waals surface area contributed by atoms with Gasteiger partial charge in [-0.15, -0.1) is 0 Å². The average molecular weight is 547 g/mol. The van der Waals surface area contributed by atoms with E-state index in [-0.39, 0.29) is 0 Å². The first-order chi connectivity index (χ1) is 21.2. The lowest BCUT2D eigenvalue weighted by molar-refractivity contribution is 0.672. The predicted molar refractivity (Wildman–Crippen MR) is 178 cm³/mol. The zero-order valence-corrected chi connectivity index (χ0v) is 23.0. The van der Waals surface area contributed by atoms with Gasteiger partial charge in [-0.05, 0) is 84.9 Å². The van der Waals surface area contributed by atoms with Crippen molar-refractivity contribution in [2.75, 3.05) is 0 Å². The summed E-state index contributed by atoms with van der Waals surface area (Å²) in [7, 11) is 0. The fourth-order valence-electron chi connectivity index (χ4n) is 6.67. The number of benzene rings is 7.